The fourth-order valence-corrected chi connectivity index (χ4v) is 2.28. The van der Waals surface area contributed by atoms with Crippen LogP contribution in [0.3, 0.4) is 0 Å². The molecule has 2 aromatic heterocycles. The van der Waals surface area contributed by atoms with E-state index in [0.717, 1.165) is 28.7 Å². The molecule has 18 heavy (non-hydrogen) atoms. The van der Waals surface area contributed by atoms with Gasteiger partial charge in [-0.25, -0.2) is 9.97 Å². The minimum Gasteiger partial charge on any atom is -0.373 e. The minimum absolute atomic E-state index is 0.0461. The second-order valence-electron chi connectivity index (χ2n) is 3.40. The van der Waals surface area contributed by atoms with E-state index in [-0.39, 0.29) is 4.87 Å². The van der Waals surface area contributed by atoms with Crippen LogP contribution in [0.15, 0.2) is 21.4 Å². The molecule has 0 amide bonds. The third-order valence-corrected chi connectivity index (χ3v) is 3.44. The van der Waals surface area contributed by atoms with Gasteiger partial charge in [0.15, 0.2) is 5.16 Å². The zero-order chi connectivity index (χ0) is 13.0. The van der Waals surface area contributed by atoms with Crippen LogP contribution in [0.1, 0.15) is 5.69 Å². The SMILES string of the molecule is CNc1cc(NCc2csc(=O)[nH]2)nc(SC)n1. The number of rotatable bonds is 5. The summed E-state index contributed by atoms with van der Waals surface area (Å²) in [5, 5.41) is 8.63. The molecule has 0 aromatic carbocycles. The largest absolute Gasteiger partial charge is 0.373 e. The summed E-state index contributed by atoms with van der Waals surface area (Å²) in [4.78, 5) is 22.3. The smallest absolute Gasteiger partial charge is 0.304 e. The number of thiazole rings is 1. The molecule has 0 unspecified atom stereocenters. The molecule has 96 valence electrons. The van der Waals surface area contributed by atoms with Gasteiger partial charge in [-0.2, -0.15) is 0 Å². The van der Waals surface area contributed by atoms with Gasteiger partial charge in [0.1, 0.15) is 11.6 Å². The number of hydrogen-bond acceptors (Lipinski definition) is 7. The summed E-state index contributed by atoms with van der Waals surface area (Å²) in [5.41, 5.74) is 0.848. The fourth-order valence-electron chi connectivity index (χ4n) is 1.32. The van der Waals surface area contributed by atoms with Crippen molar-refractivity contribution in [1.82, 2.24) is 15.0 Å². The van der Waals surface area contributed by atoms with Crippen molar-refractivity contribution in [2.45, 2.75) is 11.7 Å². The van der Waals surface area contributed by atoms with Crippen molar-refractivity contribution < 1.29 is 0 Å². The van der Waals surface area contributed by atoms with Crippen LogP contribution < -0.4 is 15.5 Å². The first-order valence-corrected chi connectivity index (χ1v) is 7.33. The second-order valence-corrected chi connectivity index (χ2v) is 5.02. The van der Waals surface area contributed by atoms with Crippen molar-refractivity contribution in [3.05, 3.63) is 26.8 Å². The number of aromatic amines is 1. The lowest BCUT2D eigenvalue weighted by Crippen LogP contribution is -2.06. The predicted molar refractivity (Wildman–Crippen MR) is 75.6 cm³/mol. The lowest BCUT2D eigenvalue weighted by atomic mass is 10.4. The first-order chi connectivity index (χ1) is 8.71. The number of aromatic nitrogens is 3. The molecule has 0 aliphatic carbocycles. The molecule has 6 nitrogen and oxygen atoms in total. The molecule has 3 N–H and O–H groups in total. The van der Waals surface area contributed by atoms with Gasteiger partial charge in [-0.15, -0.1) is 0 Å². The van der Waals surface area contributed by atoms with E-state index in [4.69, 9.17) is 0 Å². The molecule has 2 aromatic rings. The molecule has 0 saturated carbocycles. The Balaban J connectivity index is 2.10. The Kier molecular flexibility index (Phi) is 4.21. The molecule has 8 heteroatoms. The second kappa shape index (κ2) is 5.87. The summed E-state index contributed by atoms with van der Waals surface area (Å²) in [7, 11) is 1.81. The molecule has 0 bridgehead atoms. The first-order valence-electron chi connectivity index (χ1n) is 5.22. The van der Waals surface area contributed by atoms with Gasteiger partial charge >= 0.3 is 4.87 Å². The molecule has 0 fully saturated rings. The van der Waals surface area contributed by atoms with Gasteiger partial charge in [0.25, 0.3) is 0 Å². The van der Waals surface area contributed by atoms with Gasteiger partial charge in [-0.3, -0.25) is 4.79 Å². The summed E-state index contributed by atoms with van der Waals surface area (Å²) in [6.45, 7) is 0.534. The van der Waals surface area contributed by atoms with Crippen LogP contribution in [0.5, 0.6) is 0 Å². The third-order valence-electron chi connectivity index (χ3n) is 2.18. The first kappa shape index (κ1) is 12.9. The maximum absolute atomic E-state index is 11.0. The number of H-pyrrole nitrogens is 1. The fraction of sp³-hybridized carbons (Fsp3) is 0.300. The zero-order valence-electron chi connectivity index (χ0n) is 9.98. The van der Waals surface area contributed by atoms with Crippen molar-refractivity contribution in [3.8, 4) is 0 Å². The molecule has 0 aliphatic rings. The monoisotopic (exact) mass is 283 g/mol. The Bertz CT molecular complexity index is 557. The third kappa shape index (κ3) is 3.23. The van der Waals surface area contributed by atoms with Gasteiger partial charge in [-0.05, 0) is 6.26 Å². The standard InChI is InChI=1S/C10H13N5OS2/c1-11-7-3-8(15-9(14-7)17-2)12-4-6-5-18-10(16)13-6/h3,5H,4H2,1-2H3,(H,13,16)(H2,11,12,14,15). The normalized spacial score (nSPS) is 10.3. The van der Waals surface area contributed by atoms with Crippen molar-refractivity contribution in [2.24, 2.45) is 0 Å². The highest BCUT2D eigenvalue weighted by Gasteiger charge is 2.03. The summed E-state index contributed by atoms with van der Waals surface area (Å²) in [5.74, 6) is 1.49. The van der Waals surface area contributed by atoms with E-state index < -0.39 is 0 Å². The Hall–Kier alpha value is -1.54. The average molecular weight is 283 g/mol. The number of hydrogen-bond donors (Lipinski definition) is 3. The Morgan fingerprint density at radius 3 is 2.83 bits per heavy atom. The van der Waals surface area contributed by atoms with Crippen LogP contribution in [-0.2, 0) is 6.54 Å². The Labute approximate surface area is 112 Å². The van der Waals surface area contributed by atoms with Crippen molar-refractivity contribution >= 4 is 34.7 Å². The molecular formula is C10H13N5OS2. The molecule has 0 radical (unpaired) electrons. The summed E-state index contributed by atoms with van der Waals surface area (Å²) >= 11 is 2.63. The highest BCUT2D eigenvalue weighted by molar-refractivity contribution is 7.98. The Morgan fingerprint density at radius 1 is 1.44 bits per heavy atom. The summed E-state index contributed by atoms with van der Waals surface area (Å²) < 4.78 is 0. The predicted octanol–water partition coefficient (Wildman–Crippen LogP) is 1.60. The van der Waals surface area contributed by atoms with Crippen LogP contribution in [0.4, 0.5) is 11.6 Å². The highest BCUT2D eigenvalue weighted by atomic mass is 32.2. The van der Waals surface area contributed by atoms with E-state index in [1.54, 1.807) is 5.38 Å². The van der Waals surface area contributed by atoms with Gasteiger partial charge in [0.05, 0.1) is 6.54 Å². The maximum Gasteiger partial charge on any atom is 0.304 e. The summed E-state index contributed by atoms with van der Waals surface area (Å²) in [6.07, 6.45) is 1.93. The van der Waals surface area contributed by atoms with Crippen molar-refractivity contribution in [2.75, 3.05) is 23.9 Å². The van der Waals surface area contributed by atoms with E-state index in [2.05, 4.69) is 25.6 Å². The number of anilines is 2. The molecule has 0 atom stereocenters. The number of nitrogens with zero attached hydrogens (tertiary/aromatic N) is 2. The zero-order valence-corrected chi connectivity index (χ0v) is 11.6. The topological polar surface area (TPSA) is 82.7 Å². The van der Waals surface area contributed by atoms with E-state index in [0.29, 0.717) is 11.7 Å². The van der Waals surface area contributed by atoms with Crippen LogP contribution >= 0.6 is 23.1 Å². The van der Waals surface area contributed by atoms with Gasteiger partial charge in [0.2, 0.25) is 0 Å². The van der Waals surface area contributed by atoms with Gasteiger partial charge < -0.3 is 15.6 Å². The van der Waals surface area contributed by atoms with E-state index in [9.17, 15) is 4.79 Å². The highest BCUT2D eigenvalue weighted by Crippen LogP contribution is 2.17. The van der Waals surface area contributed by atoms with Crippen LogP contribution in [0.2, 0.25) is 0 Å². The summed E-state index contributed by atoms with van der Waals surface area (Å²) in [6, 6.07) is 1.82. The van der Waals surface area contributed by atoms with E-state index in [1.807, 2.05) is 19.4 Å². The lowest BCUT2D eigenvalue weighted by molar-refractivity contribution is 0.950. The van der Waals surface area contributed by atoms with Gasteiger partial charge in [-0.1, -0.05) is 23.1 Å². The molecule has 0 spiro atoms. The number of nitrogens with one attached hydrogen (secondary N) is 3. The minimum atomic E-state index is -0.0461. The van der Waals surface area contributed by atoms with Crippen molar-refractivity contribution in [1.29, 1.82) is 0 Å². The molecule has 2 heterocycles. The maximum atomic E-state index is 11.0. The molecule has 2 rings (SSSR count). The number of thioether (sulfide) groups is 1. The quantitative estimate of drug-likeness (QED) is 0.571. The Morgan fingerprint density at radius 2 is 2.22 bits per heavy atom. The molecule has 0 saturated heterocycles. The molecular weight excluding hydrogens is 270 g/mol. The van der Waals surface area contributed by atoms with Gasteiger partial charge in [0, 0.05) is 24.2 Å². The van der Waals surface area contributed by atoms with Crippen LogP contribution in [0, 0.1) is 0 Å². The average Bonchev–Trinajstić information content (AvgIpc) is 2.81. The van der Waals surface area contributed by atoms with E-state index in [1.165, 1.54) is 11.8 Å². The van der Waals surface area contributed by atoms with Crippen LogP contribution in [-0.4, -0.2) is 28.3 Å². The van der Waals surface area contributed by atoms with Crippen LogP contribution in [0.25, 0.3) is 0 Å². The van der Waals surface area contributed by atoms with E-state index >= 15 is 0 Å². The lowest BCUT2D eigenvalue weighted by Gasteiger charge is -2.07. The molecule has 0 aliphatic heterocycles. The van der Waals surface area contributed by atoms with Crippen molar-refractivity contribution in [3.63, 3.8) is 0 Å².